The predicted molar refractivity (Wildman–Crippen MR) is 83.9 cm³/mol. The van der Waals surface area contributed by atoms with Gasteiger partial charge in [0, 0.05) is 12.6 Å². The number of carbonyl (C=O) groups excluding carboxylic acids is 2. The van der Waals surface area contributed by atoms with Gasteiger partial charge in [-0.25, -0.2) is 0 Å². The summed E-state index contributed by atoms with van der Waals surface area (Å²) in [6.07, 6.45) is -1.64. The van der Waals surface area contributed by atoms with E-state index < -0.39 is 41.4 Å². The summed E-state index contributed by atoms with van der Waals surface area (Å²) < 4.78 is 39.9. The Morgan fingerprint density at radius 1 is 1.28 bits per heavy atom. The molecule has 0 aromatic carbocycles. The summed E-state index contributed by atoms with van der Waals surface area (Å²) in [5.74, 6) is -1.70. The minimum absolute atomic E-state index is 0.0504. The summed E-state index contributed by atoms with van der Waals surface area (Å²) in [4.78, 5) is 37.5. The van der Waals surface area contributed by atoms with Crippen LogP contribution in [0.1, 0.15) is 48.7 Å². The maximum absolute atomic E-state index is 13.2. The molecule has 0 aliphatic carbocycles. The number of alkyl halides is 3. The number of aromatic nitrogens is 1. The largest absolute Gasteiger partial charge is 0.431 e. The van der Waals surface area contributed by atoms with Gasteiger partial charge in [-0.1, -0.05) is 6.92 Å². The molecule has 0 unspecified atom stereocenters. The fraction of sp³-hybridized carbons (Fsp3) is 0.562. The van der Waals surface area contributed by atoms with E-state index in [2.05, 4.69) is 0 Å². The van der Waals surface area contributed by atoms with Crippen molar-refractivity contribution in [2.45, 2.75) is 51.4 Å². The first kappa shape index (κ1) is 19.0. The number of likely N-dealkylation sites (tertiary alicyclic amines) is 1. The third-order valence-corrected chi connectivity index (χ3v) is 4.44. The first-order valence-corrected chi connectivity index (χ1v) is 8.07. The van der Waals surface area contributed by atoms with Crippen LogP contribution < -0.4 is 11.3 Å². The SMILES string of the molecule is CC[C@@H]1CCCCN1C(=O)Cn1c(C(F)(F)F)ccc(C(N)=O)c1=O. The third-order valence-electron chi connectivity index (χ3n) is 4.44. The molecule has 1 saturated heterocycles. The lowest BCUT2D eigenvalue weighted by Crippen LogP contribution is -2.46. The van der Waals surface area contributed by atoms with Crippen LogP contribution in [0, 0.1) is 0 Å². The van der Waals surface area contributed by atoms with E-state index in [-0.39, 0.29) is 6.04 Å². The zero-order valence-electron chi connectivity index (χ0n) is 13.8. The normalized spacial score (nSPS) is 18.2. The molecule has 25 heavy (non-hydrogen) atoms. The minimum atomic E-state index is -4.83. The maximum Gasteiger partial charge on any atom is 0.431 e. The Morgan fingerprint density at radius 3 is 2.52 bits per heavy atom. The van der Waals surface area contributed by atoms with E-state index in [1.807, 2.05) is 6.92 Å². The Morgan fingerprint density at radius 2 is 1.96 bits per heavy atom. The smallest absolute Gasteiger partial charge is 0.365 e. The van der Waals surface area contributed by atoms with E-state index in [9.17, 15) is 27.6 Å². The van der Waals surface area contributed by atoms with Crippen LogP contribution in [-0.4, -0.2) is 33.9 Å². The molecule has 0 radical (unpaired) electrons. The second kappa shape index (κ2) is 7.28. The second-order valence-electron chi connectivity index (χ2n) is 6.03. The molecule has 1 fully saturated rings. The average molecular weight is 359 g/mol. The molecule has 1 aliphatic rings. The summed E-state index contributed by atoms with van der Waals surface area (Å²) >= 11 is 0. The molecule has 2 N–H and O–H groups in total. The van der Waals surface area contributed by atoms with E-state index >= 15 is 0 Å². The van der Waals surface area contributed by atoms with Crippen molar-refractivity contribution in [2.75, 3.05) is 6.54 Å². The number of rotatable bonds is 4. The Kier molecular flexibility index (Phi) is 5.54. The lowest BCUT2D eigenvalue weighted by Gasteiger charge is -2.35. The number of nitrogens with zero attached hydrogens (tertiary/aromatic N) is 2. The molecule has 0 saturated carbocycles. The second-order valence-corrected chi connectivity index (χ2v) is 6.03. The number of hydrogen-bond donors (Lipinski definition) is 1. The summed E-state index contributed by atoms with van der Waals surface area (Å²) in [6, 6.07) is 1.29. The number of amides is 2. The van der Waals surface area contributed by atoms with Gasteiger partial charge in [0.15, 0.2) is 0 Å². The van der Waals surface area contributed by atoms with Crippen LogP contribution in [0.25, 0.3) is 0 Å². The topological polar surface area (TPSA) is 85.4 Å². The lowest BCUT2D eigenvalue weighted by atomic mass is 10.00. The number of carbonyl (C=O) groups is 2. The molecule has 1 aromatic rings. The van der Waals surface area contributed by atoms with Crippen LogP contribution in [0.4, 0.5) is 13.2 Å². The highest BCUT2D eigenvalue weighted by Crippen LogP contribution is 2.29. The molecule has 0 spiro atoms. The molecule has 2 amide bonds. The van der Waals surface area contributed by atoms with Gasteiger partial charge in [0.1, 0.15) is 17.8 Å². The molecule has 2 heterocycles. The standard InChI is InChI=1S/C16H20F3N3O3/c1-2-10-5-3-4-8-21(10)13(23)9-22-12(16(17,18)19)7-6-11(14(20)24)15(22)25/h6-7,10H,2-5,8-9H2,1H3,(H2,20,24)/t10-/m1/s1. The molecule has 6 nitrogen and oxygen atoms in total. The molecule has 1 atom stereocenters. The monoisotopic (exact) mass is 359 g/mol. The highest BCUT2D eigenvalue weighted by Gasteiger charge is 2.36. The zero-order chi connectivity index (χ0) is 18.8. The van der Waals surface area contributed by atoms with Crippen molar-refractivity contribution in [2.24, 2.45) is 5.73 Å². The van der Waals surface area contributed by atoms with Crippen LogP contribution >= 0.6 is 0 Å². The van der Waals surface area contributed by atoms with Gasteiger partial charge >= 0.3 is 6.18 Å². The van der Waals surface area contributed by atoms with Crippen LogP contribution in [0.15, 0.2) is 16.9 Å². The predicted octanol–water partition coefficient (Wildman–Crippen LogP) is 1.76. The summed E-state index contributed by atoms with van der Waals surface area (Å²) in [5.41, 5.74) is 1.97. The Balaban J connectivity index is 2.42. The first-order valence-electron chi connectivity index (χ1n) is 8.07. The van der Waals surface area contributed by atoms with Gasteiger partial charge in [0.25, 0.3) is 11.5 Å². The fourth-order valence-corrected chi connectivity index (χ4v) is 3.15. The summed E-state index contributed by atoms with van der Waals surface area (Å²) in [7, 11) is 0. The molecular weight excluding hydrogens is 339 g/mol. The Labute approximate surface area is 142 Å². The number of pyridine rings is 1. The first-order chi connectivity index (χ1) is 11.7. The Hall–Kier alpha value is -2.32. The average Bonchev–Trinajstić information content (AvgIpc) is 2.54. The van der Waals surface area contributed by atoms with Crippen LogP contribution in [-0.2, 0) is 17.5 Å². The van der Waals surface area contributed by atoms with Crippen molar-refractivity contribution >= 4 is 11.8 Å². The fourth-order valence-electron chi connectivity index (χ4n) is 3.15. The Bertz CT molecular complexity index is 728. The lowest BCUT2D eigenvalue weighted by molar-refractivity contribution is -0.146. The highest BCUT2D eigenvalue weighted by atomic mass is 19.4. The van der Waals surface area contributed by atoms with Gasteiger partial charge in [-0.3, -0.25) is 19.0 Å². The van der Waals surface area contributed by atoms with Crippen molar-refractivity contribution in [3.8, 4) is 0 Å². The molecule has 0 bridgehead atoms. The van der Waals surface area contributed by atoms with Crippen molar-refractivity contribution in [3.05, 3.63) is 33.7 Å². The summed E-state index contributed by atoms with van der Waals surface area (Å²) in [5, 5.41) is 0. The van der Waals surface area contributed by atoms with E-state index in [1.54, 1.807) is 0 Å². The number of halogens is 3. The van der Waals surface area contributed by atoms with Gasteiger partial charge < -0.3 is 10.6 Å². The van der Waals surface area contributed by atoms with Crippen LogP contribution in [0.3, 0.4) is 0 Å². The zero-order valence-corrected chi connectivity index (χ0v) is 13.8. The quantitative estimate of drug-likeness (QED) is 0.889. The van der Waals surface area contributed by atoms with Gasteiger partial charge in [0.2, 0.25) is 5.91 Å². The van der Waals surface area contributed by atoms with Crippen LogP contribution in [0.5, 0.6) is 0 Å². The number of hydrogen-bond acceptors (Lipinski definition) is 3. The molecular formula is C16H20F3N3O3. The van der Waals surface area contributed by atoms with E-state index in [0.717, 1.165) is 25.3 Å². The van der Waals surface area contributed by atoms with E-state index in [0.29, 0.717) is 23.6 Å². The number of piperidine rings is 1. The van der Waals surface area contributed by atoms with E-state index in [4.69, 9.17) is 5.73 Å². The molecule has 2 rings (SSSR count). The van der Waals surface area contributed by atoms with Crippen molar-refractivity contribution in [1.29, 1.82) is 0 Å². The maximum atomic E-state index is 13.2. The molecule has 1 aliphatic heterocycles. The van der Waals surface area contributed by atoms with E-state index in [1.165, 1.54) is 4.90 Å². The molecule has 9 heteroatoms. The number of primary amides is 1. The van der Waals surface area contributed by atoms with Crippen molar-refractivity contribution in [3.63, 3.8) is 0 Å². The summed E-state index contributed by atoms with van der Waals surface area (Å²) in [6.45, 7) is 1.57. The van der Waals surface area contributed by atoms with Gasteiger partial charge in [0.05, 0.1) is 0 Å². The highest BCUT2D eigenvalue weighted by molar-refractivity contribution is 5.92. The minimum Gasteiger partial charge on any atom is -0.365 e. The third kappa shape index (κ3) is 4.02. The van der Waals surface area contributed by atoms with Crippen molar-refractivity contribution < 1.29 is 22.8 Å². The molecule has 138 valence electrons. The van der Waals surface area contributed by atoms with Gasteiger partial charge in [-0.2, -0.15) is 13.2 Å². The van der Waals surface area contributed by atoms with Crippen LogP contribution in [0.2, 0.25) is 0 Å². The molecule has 1 aromatic heterocycles. The van der Waals surface area contributed by atoms with Gasteiger partial charge in [-0.15, -0.1) is 0 Å². The number of nitrogens with two attached hydrogens (primary N) is 1. The van der Waals surface area contributed by atoms with Gasteiger partial charge in [-0.05, 0) is 37.8 Å². The van der Waals surface area contributed by atoms with Crippen molar-refractivity contribution in [1.82, 2.24) is 9.47 Å².